The smallest absolute Gasteiger partial charge is 0.314 e. The number of urea groups is 1. The minimum Gasteiger partial charge on any atom is -0.338 e. The summed E-state index contributed by atoms with van der Waals surface area (Å²) in [6.45, 7) is 0.856. The van der Waals surface area contributed by atoms with Gasteiger partial charge in [0.05, 0.1) is 16.1 Å². The molecule has 134 valence electrons. The molecule has 0 aliphatic carbocycles. The maximum Gasteiger partial charge on any atom is 0.314 e. The summed E-state index contributed by atoms with van der Waals surface area (Å²) < 4.78 is 0. The lowest BCUT2D eigenvalue weighted by Gasteiger charge is -2.14. The summed E-state index contributed by atoms with van der Waals surface area (Å²) in [7, 11) is 0. The number of non-ortho nitro benzene ring substituents is 1. The van der Waals surface area contributed by atoms with Crippen LogP contribution in [0, 0.1) is 10.1 Å². The van der Waals surface area contributed by atoms with Gasteiger partial charge < -0.3 is 10.6 Å². The van der Waals surface area contributed by atoms with Gasteiger partial charge in [0.25, 0.3) is 17.5 Å². The molecule has 0 spiro atoms. The Hall–Kier alpha value is -2.68. The maximum absolute atomic E-state index is 12.3. The zero-order chi connectivity index (χ0) is 18.4. The van der Waals surface area contributed by atoms with Gasteiger partial charge in [0.2, 0.25) is 0 Å². The third-order valence-corrected chi connectivity index (χ3v) is 3.87. The van der Waals surface area contributed by atoms with Crippen molar-refractivity contribution >= 4 is 35.1 Å². The molecule has 0 bridgehead atoms. The van der Waals surface area contributed by atoms with Gasteiger partial charge in [-0.1, -0.05) is 0 Å². The Morgan fingerprint density at radius 2 is 1.76 bits per heavy atom. The summed E-state index contributed by atoms with van der Waals surface area (Å²) in [5.74, 6) is -0.588. The van der Waals surface area contributed by atoms with Crippen LogP contribution in [0.1, 0.15) is 33.6 Å². The fraction of sp³-hybridized carbons (Fsp3) is 0.400. The van der Waals surface area contributed by atoms with E-state index in [9.17, 15) is 24.5 Å². The van der Waals surface area contributed by atoms with E-state index in [4.69, 9.17) is 11.6 Å². The highest BCUT2D eigenvalue weighted by molar-refractivity contribution is 6.21. The number of nitro groups is 1. The molecule has 2 N–H and O–H groups in total. The second-order valence-electron chi connectivity index (χ2n) is 5.33. The van der Waals surface area contributed by atoms with Crippen molar-refractivity contribution < 1.29 is 19.3 Å². The first-order valence-corrected chi connectivity index (χ1v) is 8.21. The fourth-order valence-corrected chi connectivity index (χ4v) is 2.50. The predicted molar refractivity (Wildman–Crippen MR) is 89.8 cm³/mol. The minimum atomic E-state index is -0.618. The number of nitro benzene ring substituents is 1. The average molecular weight is 369 g/mol. The number of nitrogens with one attached hydrogen (secondary N) is 2. The number of alkyl halides is 1. The number of hydrogen-bond acceptors (Lipinski definition) is 5. The monoisotopic (exact) mass is 368 g/mol. The number of rotatable bonds is 8. The van der Waals surface area contributed by atoms with Crippen molar-refractivity contribution in [3.63, 3.8) is 0 Å². The lowest BCUT2D eigenvalue weighted by Crippen LogP contribution is -2.38. The molecule has 1 aromatic rings. The van der Waals surface area contributed by atoms with Crippen LogP contribution in [0.25, 0.3) is 0 Å². The number of halogens is 1. The SMILES string of the molecule is O=C(NCCCCl)NCCCN1C(=O)c2ccc([N+](=O)[O-])cc2C1=O. The number of hydrogen-bond donors (Lipinski definition) is 2. The molecule has 0 atom stereocenters. The van der Waals surface area contributed by atoms with Crippen LogP contribution in [-0.2, 0) is 0 Å². The second-order valence-corrected chi connectivity index (χ2v) is 5.71. The first-order valence-electron chi connectivity index (χ1n) is 7.68. The van der Waals surface area contributed by atoms with Crippen LogP contribution in [0.5, 0.6) is 0 Å². The maximum atomic E-state index is 12.3. The Labute approximate surface area is 148 Å². The van der Waals surface area contributed by atoms with Crippen molar-refractivity contribution in [1.82, 2.24) is 15.5 Å². The molecular weight excluding hydrogens is 352 g/mol. The first kappa shape index (κ1) is 18.7. The highest BCUT2D eigenvalue weighted by atomic mass is 35.5. The quantitative estimate of drug-likeness (QED) is 0.237. The number of benzene rings is 1. The topological polar surface area (TPSA) is 122 Å². The van der Waals surface area contributed by atoms with Crippen LogP contribution in [0.2, 0.25) is 0 Å². The zero-order valence-corrected chi connectivity index (χ0v) is 14.0. The lowest BCUT2D eigenvalue weighted by atomic mass is 10.1. The van der Waals surface area contributed by atoms with Crippen LogP contribution in [0.15, 0.2) is 18.2 Å². The summed E-state index contributed by atoms with van der Waals surface area (Å²) in [6, 6.07) is 3.25. The number of fused-ring (bicyclic) bond motifs is 1. The van der Waals surface area contributed by atoms with E-state index >= 15 is 0 Å². The number of carbonyl (C=O) groups is 3. The molecule has 0 saturated heterocycles. The second kappa shape index (κ2) is 8.43. The van der Waals surface area contributed by atoms with Crippen molar-refractivity contribution in [3.05, 3.63) is 39.4 Å². The molecule has 1 aliphatic rings. The van der Waals surface area contributed by atoms with Crippen LogP contribution in [0.4, 0.5) is 10.5 Å². The normalized spacial score (nSPS) is 12.9. The van der Waals surface area contributed by atoms with Crippen LogP contribution < -0.4 is 10.6 Å². The van der Waals surface area contributed by atoms with E-state index < -0.39 is 16.7 Å². The molecule has 1 heterocycles. The predicted octanol–water partition coefficient (Wildman–Crippen LogP) is 1.51. The standard InChI is InChI=1S/C15H17ClN4O5/c16-5-1-6-17-15(23)18-7-2-8-19-13(21)11-4-3-10(20(24)25)9-12(11)14(19)22/h3-4,9H,1-2,5-8H2,(H2,17,18,23). The molecule has 1 aromatic carbocycles. The van der Waals surface area contributed by atoms with Gasteiger partial charge in [-0.2, -0.15) is 0 Å². The lowest BCUT2D eigenvalue weighted by molar-refractivity contribution is -0.384. The molecule has 0 aromatic heterocycles. The average Bonchev–Trinajstić information content (AvgIpc) is 2.83. The third kappa shape index (κ3) is 4.44. The zero-order valence-electron chi connectivity index (χ0n) is 13.3. The van der Waals surface area contributed by atoms with Gasteiger partial charge in [0.15, 0.2) is 0 Å². The molecule has 25 heavy (non-hydrogen) atoms. The molecule has 0 unspecified atom stereocenters. The van der Waals surface area contributed by atoms with Crippen molar-refractivity contribution in [2.24, 2.45) is 0 Å². The molecule has 10 heteroatoms. The van der Waals surface area contributed by atoms with Gasteiger partial charge in [0, 0.05) is 37.6 Å². The molecule has 0 saturated carbocycles. The summed E-state index contributed by atoms with van der Waals surface area (Å²) in [6.07, 6.45) is 1.03. The van der Waals surface area contributed by atoms with Gasteiger partial charge >= 0.3 is 6.03 Å². The Kier molecular flexibility index (Phi) is 6.29. The molecule has 0 radical (unpaired) electrons. The van der Waals surface area contributed by atoms with Gasteiger partial charge in [-0.15, -0.1) is 11.6 Å². The summed E-state index contributed by atoms with van der Waals surface area (Å²) in [5.41, 5.74) is -0.0506. The highest BCUT2D eigenvalue weighted by Crippen LogP contribution is 2.26. The Morgan fingerprint density at radius 1 is 1.12 bits per heavy atom. The van der Waals surface area contributed by atoms with Crippen molar-refractivity contribution in [2.75, 3.05) is 25.5 Å². The van der Waals surface area contributed by atoms with E-state index in [0.29, 0.717) is 25.3 Å². The van der Waals surface area contributed by atoms with E-state index in [2.05, 4.69) is 10.6 Å². The molecule has 2 rings (SSSR count). The number of imide groups is 1. The Bertz CT molecular complexity index is 709. The number of amides is 4. The van der Waals surface area contributed by atoms with Gasteiger partial charge in [0.1, 0.15) is 0 Å². The minimum absolute atomic E-state index is 0.0333. The van der Waals surface area contributed by atoms with Crippen LogP contribution in [0.3, 0.4) is 0 Å². The first-order chi connectivity index (χ1) is 12.0. The van der Waals surface area contributed by atoms with Crippen molar-refractivity contribution in [3.8, 4) is 0 Å². The number of nitrogens with zero attached hydrogens (tertiary/aromatic N) is 2. The summed E-state index contributed by atoms with van der Waals surface area (Å²) in [4.78, 5) is 47.1. The fourth-order valence-electron chi connectivity index (χ4n) is 2.37. The molecule has 9 nitrogen and oxygen atoms in total. The van der Waals surface area contributed by atoms with Gasteiger partial charge in [-0.25, -0.2) is 4.79 Å². The summed E-state index contributed by atoms with van der Waals surface area (Å²) in [5, 5.41) is 16.0. The van der Waals surface area contributed by atoms with Gasteiger partial charge in [-0.3, -0.25) is 24.6 Å². The Morgan fingerprint density at radius 3 is 2.40 bits per heavy atom. The van der Waals surface area contributed by atoms with E-state index in [0.717, 1.165) is 11.0 Å². The molecule has 0 fully saturated rings. The third-order valence-electron chi connectivity index (χ3n) is 3.61. The van der Waals surface area contributed by atoms with E-state index in [1.54, 1.807) is 0 Å². The van der Waals surface area contributed by atoms with Crippen molar-refractivity contribution in [2.45, 2.75) is 12.8 Å². The van der Waals surface area contributed by atoms with Crippen molar-refractivity contribution in [1.29, 1.82) is 0 Å². The molecule has 1 aliphatic heterocycles. The summed E-state index contributed by atoms with van der Waals surface area (Å²) >= 11 is 5.50. The van der Waals surface area contributed by atoms with E-state index in [-0.39, 0.29) is 35.9 Å². The molecular formula is C15H17ClN4O5. The highest BCUT2D eigenvalue weighted by Gasteiger charge is 2.36. The largest absolute Gasteiger partial charge is 0.338 e. The van der Waals surface area contributed by atoms with Crippen LogP contribution in [-0.4, -0.2) is 53.2 Å². The van der Waals surface area contributed by atoms with E-state index in [1.165, 1.54) is 12.1 Å². The Balaban J connectivity index is 1.86. The van der Waals surface area contributed by atoms with Crippen LogP contribution >= 0.6 is 11.6 Å². The van der Waals surface area contributed by atoms with E-state index in [1.807, 2.05) is 0 Å². The number of carbonyl (C=O) groups excluding carboxylic acids is 3. The van der Waals surface area contributed by atoms with Gasteiger partial charge in [-0.05, 0) is 18.9 Å². The molecule has 4 amide bonds.